The molecule has 1 fully saturated rings. The highest BCUT2D eigenvalue weighted by Crippen LogP contribution is 2.29. The summed E-state index contributed by atoms with van der Waals surface area (Å²) < 4.78 is 16.0. The molecule has 1 atom stereocenters. The van der Waals surface area contributed by atoms with Crippen molar-refractivity contribution in [3.05, 3.63) is 83.9 Å². The second-order valence-electron chi connectivity index (χ2n) is 10.4. The first-order chi connectivity index (χ1) is 19.4. The van der Waals surface area contributed by atoms with Crippen LogP contribution in [0.4, 0.5) is 9.59 Å². The molecule has 0 aromatic heterocycles. The number of amides is 4. The van der Waals surface area contributed by atoms with Crippen molar-refractivity contribution in [1.29, 1.82) is 0 Å². The van der Waals surface area contributed by atoms with Gasteiger partial charge in [-0.1, -0.05) is 60.7 Å². The van der Waals surface area contributed by atoms with E-state index in [0.717, 1.165) is 15.4 Å². The molecule has 0 saturated carbocycles. The van der Waals surface area contributed by atoms with Gasteiger partial charge in [-0.2, -0.15) is 0 Å². The van der Waals surface area contributed by atoms with Crippen molar-refractivity contribution in [3.63, 3.8) is 0 Å². The molecule has 3 rings (SSSR count). The molecular formula is C30H35N3O8. The van der Waals surface area contributed by atoms with Gasteiger partial charge in [0.05, 0.1) is 6.54 Å². The van der Waals surface area contributed by atoms with Gasteiger partial charge < -0.3 is 19.5 Å². The number of aryl methyl sites for hydroxylation is 1. The summed E-state index contributed by atoms with van der Waals surface area (Å²) in [5.41, 5.74) is -1.63. The second kappa shape index (κ2) is 13.1. The maximum absolute atomic E-state index is 14.1. The van der Waals surface area contributed by atoms with E-state index in [1.165, 1.54) is 6.08 Å². The Morgan fingerprint density at radius 2 is 1.66 bits per heavy atom. The Kier molecular flexibility index (Phi) is 9.88. The number of esters is 1. The van der Waals surface area contributed by atoms with Gasteiger partial charge in [0.25, 0.3) is 11.8 Å². The number of alkyl carbamates (subject to hydrolysis) is 1. The molecule has 1 heterocycles. The lowest BCUT2D eigenvalue weighted by molar-refractivity contribution is -0.169. The van der Waals surface area contributed by atoms with Crippen LogP contribution in [0.1, 0.15) is 42.3 Å². The first kappa shape index (κ1) is 30.9. The number of hydrogen-bond donors (Lipinski definition) is 1. The van der Waals surface area contributed by atoms with Crippen molar-refractivity contribution >= 4 is 30.0 Å². The number of benzene rings is 2. The van der Waals surface area contributed by atoms with Crippen LogP contribution in [-0.2, 0) is 30.4 Å². The van der Waals surface area contributed by atoms with Crippen molar-refractivity contribution in [2.75, 3.05) is 26.2 Å². The summed E-state index contributed by atoms with van der Waals surface area (Å²) in [4.78, 5) is 69.0. The average molecular weight is 566 g/mol. The number of hydrogen-bond acceptors (Lipinski definition) is 8. The van der Waals surface area contributed by atoms with Crippen molar-refractivity contribution < 1.29 is 38.2 Å². The Balaban J connectivity index is 1.99. The highest BCUT2D eigenvalue weighted by molar-refractivity contribution is 6.17. The number of rotatable bonds is 8. The van der Waals surface area contributed by atoms with Crippen molar-refractivity contribution in [3.8, 4) is 0 Å². The minimum atomic E-state index is -2.48. The number of carbonyl (C=O) groups is 5. The van der Waals surface area contributed by atoms with Gasteiger partial charge in [0.15, 0.2) is 0 Å². The maximum Gasteiger partial charge on any atom is 0.411 e. The summed E-state index contributed by atoms with van der Waals surface area (Å²) in [6.07, 6.45) is -0.667. The van der Waals surface area contributed by atoms with Gasteiger partial charge in [0, 0.05) is 18.7 Å². The zero-order chi connectivity index (χ0) is 30.2. The Hall–Kier alpha value is -4.67. The number of nitrogens with one attached hydrogen (secondary N) is 1. The molecule has 1 N–H and O–H groups in total. The highest BCUT2D eigenvalue weighted by atomic mass is 16.6. The molecule has 1 aliphatic rings. The van der Waals surface area contributed by atoms with E-state index < -0.39 is 47.7 Å². The average Bonchev–Trinajstić information content (AvgIpc) is 2.93. The Morgan fingerprint density at radius 1 is 1.00 bits per heavy atom. The zero-order valence-electron chi connectivity index (χ0n) is 23.7. The van der Waals surface area contributed by atoms with Crippen LogP contribution in [0.2, 0.25) is 0 Å². The monoisotopic (exact) mass is 565 g/mol. The molecule has 1 saturated heterocycles. The predicted octanol–water partition coefficient (Wildman–Crippen LogP) is 3.61. The van der Waals surface area contributed by atoms with Gasteiger partial charge in [-0.25, -0.2) is 14.4 Å². The van der Waals surface area contributed by atoms with Crippen LogP contribution in [0.15, 0.2) is 67.3 Å². The summed E-state index contributed by atoms with van der Waals surface area (Å²) in [6.45, 7) is 8.64. The third kappa shape index (κ3) is 7.50. The van der Waals surface area contributed by atoms with Crippen LogP contribution < -0.4 is 5.32 Å². The van der Waals surface area contributed by atoms with Gasteiger partial charge in [-0.05, 0) is 45.4 Å². The van der Waals surface area contributed by atoms with E-state index in [9.17, 15) is 24.0 Å². The van der Waals surface area contributed by atoms with E-state index in [-0.39, 0.29) is 31.9 Å². The molecule has 1 unspecified atom stereocenters. The largest absolute Gasteiger partial charge is 0.459 e. The molecule has 11 heteroatoms. The fourth-order valence-electron chi connectivity index (χ4n) is 4.11. The topological polar surface area (TPSA) is 132 Å². The quantitative estimate of drug-likeness (QED) is 0.169. The fraction of sp³-hybridized carbons (Fsp3) is 0.367. The Bertz CT molecular complexity index is 1290. The first-order valence-electron chi connectivity index (χ1n) is 13.1. The molecule has 1 aliphatic heterocycles. The number of imide groups is 1. The molecule has 0 spiro atoms. The summed E-state index contributed by atoms with van der Waals surface area (Å²) in [5, 5.41) is 2.41. The maximum atomic E-state index is 14.1. The Labute approximate surface area is 239 Å². The van der Waals surface area contributed by atoms with Crippen LogP contribution in [0.5, 0.6) is 0 Å². The summed E-state index contributed by atoms with van der Waals surface area (Å²) >= 11 is 0. The van der Waals surface area contributed by atoms with E-state index in [2.05, 4.69) is 11.9 Å². The lowest BCUT2D eigenvalue weighted by Crippen LogP contribution is -2.75. The minimum Gasteiger partial charge on any atom is -0.459 e. The zero-order valence-corrected chi connectivity index (χ0v) is 23.7. The van der Waals surface area contributed by atoms with Crippen LogP contribution in [0, 0.1) is 6.92 Å². The lowest BCUT2D eigenvalue weighted by atomic mass is 9.91. The van der Waals surface area contributed by atoms with Crippen LogP contribution in [-0.4, -0.2) is 77.2 Å². The highest BCUT2D eigenvalue weighted by Gasteiger charge is 2.60. The van der Waals surface area contributed by atoms with Crippen molar-refractivity contribution in [2.45, 2.75) is 45.4 Å². The van der Waals surface area contributed by atoms with E-state index in [4.69, 9.17) is 14.2 Å². The van der Waals surface area contributed by atoms with Gasteiger partial charge in [-0.15, -0.1) is 0 Å². The third-order valence-electron chi connectivity index (χ3n) is 6.14. The molecule has 0 radical (unpaired) electrons. The van der Waals surface area contributed by atoms with E-state index in [1.54, 1.807) is 69.3 Å². The molecule has 0 bridgehead atoms. The van der Waals surface area contributed by atoms with Crippen LogP contribution >= 0.6 is 0 Å². The van der Waals surface area contributed by atoms with E-state index >= 15 is 0 Å². The molecule has 4 amide bonds. The second-order valence-corrected chi connectivity index (χ2v) is 10.4. The SMILES string of the molecule is C=CCOC(=O)C1(CNC(=O)OCc2ccccc2)C(=O)N(C(=O)c2ccc(C)cc2)CCN1C(=O)OC(C)(C)C. The minimum absolute atomic E-state index is 0.0810. The molecule has 2 aromatic rings. The standard InChI is InChI=1S/C30H35N3O8/c1-6-18-39-26(36)30(20-31-27(37)40-19-22-10-8-7-9-11-22)25(35)32(24(34)23-14-12-21(2)13-15-23)16-17-33(30)28(38)41-29(3,4)5/h6-15H,1,16-20H2,2-5H3,(H,31,37). The summed E-state index contributed by atoms with van der Waals surface area (Å²) in [6, 6.07) is 15.4. The van der Waals surface area contributed by atoms with Gasteiger partial charge in [0.2, 0.25) is 5.54 Å². The Morgan fingerprint density at radius 3 is 2.27 bits per heavy atom. The first-order valence-corrected chi connectivity index (χ1v) is 13.1. The summed E-state index contributed by atoms with van der Waals surface area (Å²) in [7, 11) is 0. The van der Waals surface area contributed by atoms with E-state index in [0.29, 0.717) is 5.56 Å². The normalized spacial score (nSPS) is 16.9. The molecule has 218 valence electrons. The van der Waals surface area contributed by atoms with Gasteiger partial charge in [0.1, 0.15) is 18.8 Å². The van der Waals surface area contributed by atoms with Crippen molar-refractivity contribution in [1.82, 2.24) is 15.1 Å². The lowest BCUT2D eigenvalue weighted by Gasteiger charge is -2.46. The number of carbonyl (C=O) groups excluding carboxylic acids is 5. The van der Waals surface area contributed by atoms with Gasteiger partial charge >= 0.3 is 18.2 Å². The van der Waals surface area contributed by atoms with Gasteiger partial charge in [-0.3, -0.25) is 19.4 Å². The fourth-order valence-corrected chi connectivity index (χ4v) is 4.11. The number of nitrogens with zero attached hydrogens (tertiary/aromatic N) is 2. The smallest absolute Gasteiger partial charge is 0.411 e. The molecule has 41 heavy (non-hydrogen) atoms. The molecule has 2 aromatic carbocycles. The van der Waals surface area contributed by atoms with Crippen LogP contribution in [0.3, 0.4) is 0 Å². The molecular weight excluding hydrogens is 530 g/mol. The van der Waals surface area contributed by atoms with Crippen LogP contribution in [0.25, 0.3) is 0 Å². The summed E-state index contributed by atoms with van der Waals surface area (Å²) in [5.74, 6) is -2.90. The molecule has 11 nitrogen and oxygen atoms in total. The predicted molar refractivity (Wildman–Crippen MR) is 149 cm³/mol. The van der Waals surface area contributed by atoms with Crippen molar-refractivity contribution in [2.24, 2.45) is 0 Å². The van der Waals surface area contributed by atoms with E-state index in [1.807, 2.05) is 13.0 Å². The number of ether oxygens (including phenoxy) is 3. The number of piperazine rings is 1. The third-order valence-corrected chi connectivity index (χ3v) is 6.14. The molecule has 0 aliphatic carbocycles.